The standard InChI is InChI=1S/C14H12ClNOS/c15-13-7-6-12(18-13)14(17)10-3-1-5-11-9(10)4-2-8-16-11/h1,3,5-7,16H,2,4,8H2. The number of carbonyl (C=O) groups excluding carboxylic acids is 1. The van der Waals surface area contributed by atoms with E-state index in [1.54, 1.807) is 12.1 Å². The van der Waals surface area contributed by atoms with Crippen LogP contribution < -0.4 is 5.32 Å². The Morgan fingerprint density at radius 2 is 2.17 bits per heavy atom. The van der Waals surface area contributed by atoms with Gasteiger partial charge in [-0.2, -0.15) is 0 Å². The van der Waals surface area contributed by atoms with E-state index in [0.29, 0.717) is 9.21 Å². The number of hydrogen-bond acceptors (Lipinski definition) is 3. The van der Waals surface area contributed by atoms with E-state index in [1.165, 1.54) is 11.3 Å². The van der Waals surface area contributed by atoms with Crippen LogP contribution in [0, 0.1) is 0 Å². The van der Waals surface area contributed by atoms with E-state index in [1.807, 2.05) is 18.2 Å². The van der Waals surface area contributed by atoms with Crippen LogP contribution in [-0.4, -0.2) is 12.3 Å². The molecular formula is C14H12ClNOS. The van der Waals surface area contributed by atoms with Crippen molar-refractivity contribution in [2.24, 2.45) is 0 Å². The smallest absolute Gasteiger partial charge is 0.203 e. The van der Waals surface area contributed by atoms with E-state index in [-0.39, 0.29) is 5.78 Å². The number of nitrogens with one attached hydrogen (secondary N) is 1. The Hall–Kier alpha value is -1.32. The second kappa shape index (κ2) is 4.75. The molecule has 2 heterocycles. The summed E-state index contributed by atoms with van der Waals surface area (Å²) in [5.41, 5.74) is 3.03. The summed E-state index contributed by atoms with van der Waals surface area (Å²) in [7, 11) is 0. The quantitative estimate of drug-likeness (QED) is 0.841. The molecule has 0 aliphatic carbocycles. The number of carbonyl (C=O) groups is 1. The number of ketones is 1. The molecule has 1 aliphatic heterocycles. The van der Waals surface area contributed by atoms with Crippen LogP contribution in [0.3, 0.4) is 0 Å². The Morgan fingerprint density at radius 1 is 1.28 bits per heavy atom. The van der Waals surface area contributed by atoms with E-state index >= 15 is 0 Å². The molecule has 0 saturated carbocycles. The molecule has 1 N–H and O–H groups in total. The summed E-state index contributed by atoms with van der Waals surface area (Å²) in [5, 5.41) is 3.34. The molecule has 3 rings (SSSR count). The molecule has 0 amide bonds. The first-order chi connectivity index (χ1) is 8.75. The van der Waals surface area contributed by atoms with Gasteiger partial charge in [0.25, 0.3) is 0 Å². The molecular weight excluding hydrogens is 266 g/mol. The van der Waals surface area contributed by atoms with Crippen LogP contribution in [0.15, 0.2) is 30.3 Å². The minimum absolute atomic E-state index is 0.0763. The highest BCUT2D eigenvalue weighted by Gasteiger charge is 2.19. The number of rotatable bonds is 2. The molecule has 0 fully saturated rings. The fourth-order valence-electron chi connectivity index (χ4n) is 2.29. The van der Waals surface area contributed by atoms with Crippen molar-refractivity contribution in [1.29, 1.82) is 0 Å². The summed E-state index contributed by atoms with van der Waals surface area (Å²) in [6.07, 6.45) is 2.03. The zero-order valence-electron chi connectivity index (χ0n) is 9.70. The first-order valence-corrected chi connectivity index (χ1v) is 7.11. The summed E-state index contributed by atoms with van der Waals surface area (Å²) in [6.45, 7) is 0.982. The van der Waals surface area contributed by atoms with Crippen molar-refractivity contribution in [2.75, 3.05) is 11.9 Å². The summed E-state index contributed by atoms with van der Waals surface area (Å²) < 4.78 is 0.654. The molecule has 2 nitrogen and oxygen atoms in total. The summed E-state index contributed by atoms with van der Waals surface area (Å²) >= 11 is 7.23. The largest absolute Gasteiger partial charge is 0.385 e. The predicted molar refractivity (Wildman–Crippen MR) is 76.0 cm³/mol. The number of halogens is 1. The van der Waals surface area contributed by atoms with Gasteiger partial charge in [-0.05, 0) is 36.6 Å². The van der Waals surface area contributed by atoms with Crippen molar-refractivity contribution in [1.82, 2.24) is 0 Å². The average molecular weight is 278 g/mol. The SMILES string of the molecule is O=C(c1ccc(Cl)s1)c1cccc2c1CCCN2. The Balaban J connectivity index is 2.04. The Kier molecular flexibility index (Phi) is 3.10. The zero-order valence-corrected chi connectivity index (χ0v) is 11.3. The highest BCUT2D eigenvalue weighted by atomic mass is 35.5. The lowest BCUT2D eigenvalue weighted by Gasteiger charge is -2.20. The van der Waals surface area contributed by atoms with Crippen molar-refractivity contribution in [3.63, 3.8) is 0 Å². The van der Waals surface area contributed by atoms with E-state index in [0.717, 1.165) is 36.2 Å². The van der Waals surface area contributed by atoms with Crippen LogP contribution in [0.5, 0.6) is 0 Å². The minimum Gasteiger partial charge on any atom is -0.385 e. The third-order valence-electron chi connectivity index (χ3n) is 3.14. The van der Waals surface area contributed by atoms with Gasteiger partial charge < -0.3 is 5.32 Å². The van der Waals surface area contributed by atoms with Gasteiger partial charge in [-0.15, -0.1) is 11.3 Å². The maximum Gasteiger partial charge on any atom is 0.203 e. The van der Waals surface area contributed by atoms with Crippen LogP contribution in [0.1, 0.15) is 27.2 Å². The Morgan fingerprint density at radius 3 is 2.94 bits per heavy atom. The molecule has 0 radical (unpaired) electrons. The van der Waals surface area contributed by atoms with Gasteiger partial charge in [-0.25, -0.2) is 0 Å². The molecule has 1 aromatic carbocycles. The van der Waals surface area contributed by atoms with Crippen molar-refractivity contribution in [3.8, 4) is 0 Å². The molecule has 1 aromatic heterocycles. The van der Waals surface area contributed by atoms with Gasteiger partial charge in [0.15, 0.2) is 0 Å². The molecule has 2 aromatic rings. The van der Waals surface area contributed by atoms with Crippen LogP contribution >= 0.6 is 22.9 Å². The molecule has 1 aliphatic rings. The summed E-state index contributed by atoms with van der Waals surface area (Å²) in [6, 6.07) is 9.44. The van der Waals surface area contributed by atoms with Gasteiger partial charge in [0.05, 0.1) is 9.21 Å². The first-order valence-electron chi connectivity index (χ1n) is 5.91. The fraction of sp³-hybridized carbons (Fsp3) is 0.214. The number of fused-ring (bicyclic) bond motifs is 1. The average Bonchev–Trinajstić information content (AvgIpc) is 2.84. The topological polar surface area (TPSA) is 29.1 Å². The number of thiophene rings is 1. The molecule has 92 valence electrons. The lowest BCUT2D eigenvalue weighted by Crippen LogP contribution is -2.15. The van der Waals surface area contributed by atoms with E-state index in [4.69, 9.17) is 11.6 Å². The summed E-state index contributed by atoms with van der Waals surface area (Å²) in [5.74, 6) is 0.0763. The molecule has 0 saturated heterocycles. The van der Waals surface area contributed by atoms with Gasteiger partial charge in [-0.3, -0.25) is 4.79 Å². The number of hydrogen-bond donors (Lipinski definition) is 1. The highest BCUT2D eigenvalue weighted by Crippen LogP contribution is 2.29. The second-order valence-corrected chi connectivity index (χ2v) is 6.01. The van der Waals surface area contributed by atoms with Gasteiger partial charge in [0, 0.05) is 17.8 Å². The van der Waals surface area contributed by atoms with Crippen molar-refractivity contribution in [2.45, 2.75) is 12.8 Å². The predicted octanol–water partition coefficient (Wildman–Crippen LogP) is 3.99. The monoisotopic (exact) mass is 277 g/mol. The highest BCUT2D eigenvalue weighted by molar-refractivity contribution is 7.18. The van der Waals surface area contributed by atoms with Crippen LogP contribution in [0.4, 0.5) is 5.69 Å². The van der Waals surface area contributed by atoms with Gasteiger partial charge in [0.2, 0.25) is 5.78 Å². The number of anilines is 1. The van der Waals surface area contributed by atoms with Gasteiger partial charge >= 0.3 is 0 Å². The van der Waals surface area contributed by atoms with Crippen molar-refractivity contribution in [3.05, 3.63) is 50.7 Å². The maximum atomic E-state index is 12.5. The van der Waals surface area contributed by atoms with Gasteiger partial charge in [-0.1, -0.05) is 23.7 Å². The Bertz CT molecular complexity index is 606. The lowest BCUT2D eigenvalue weighted by atomic mass is 9.95. The molecule has 0 unspecified atom stereocenters. The fourth-order valence-corrected chi connectivity index (χ4v) is 3.29. The summed E-state index contributed by atoms with van der Waals surface area (Å²) in [4.78, 5) is 13.2. The molecule has 18 heavy (non-hydrogen) atoms. The third kappa shape index (κ3) is 2.04. The second-order valence-electron chi connectivity index (χ2n) is 4.29. The van der Waals surface area contributed by atoms with Gasteiger partial charge in [0.1, 0.15) is 0 Å². The van der Waals surface area contributed by atoms with Crippen LogP contribution in [0.2, 0.25) is 4.34 Å². The Labute approximate surface area is 115 Å². The minimum atomic E-state index is 0.0763. The van der Waals surface area contributed by atoms with E-state index < -0.39 is 0 Å². The van der Waals surface area contributed by atoms with Crippen molar-refractivity contribution >= 4 is 34.4 Å². The normalized spacial score (nSPS) is 13.8. The molecule has 4 heteroatoms. The van der Waals surface area contributed by atoms with E-state index in [2.05, 4.69) is 5.32 Å². The molecule has 0 bridgehead atoms. The first kappa shape index (κ1) is 11.8. The molecule has 0 atom stereocenters. The third-order valence-corrected chi connectivity index (χ3v) is 4.37. The van der Waals surface area contributed by atoms with Crippen LogP contribution in [0.25, 0.3) is 0 Å². The maximum absolute atomic E-state index is 12.5. The van der Waals surface area contributed by atoms with Crippen molar-refractivity contribution < 1.29 is 4.79 Å². The van der Waals surface area contributed by atoms with Crippen LogP contribution in [-0.2, 0) is 6.42 Å². The number of benzene rings is 1. The zero-order chi connectivity index (χ0) is 12.5. The lowest BCUT2D eigenvalue weighted by molar-refractivity contribution is 0.104. The van der Waals surface area contributed by atoms with E-state index in [9.17, 15) is 4.79 Å². The molecule has 0 spiro atoms.